The highest BCUT2D eigenvalue weighted by Crippen LogP contribution is 2.18. The van der Waals surface area contributed by atoms with Crippen LogP contribution in [0.2, 0.25) is 0 Å². The largest absolute Gasteiger partial charge is 0.478 e. The van der Waals surface area contributed by atoms with Gasteiger partial charge in [-0.3, -0.25) is 0 Å². The maximum Gasteiger partial charge on any atom is 0.328 e. The van der Waals surface area contributed by atoms with E-state index in [1.165, 1.54) is 6.08 Å². The first-order valence-corrected chi connectivity index (χ1v) is 6.21. The lowest BCUT2D eigenvalue weighted by Crippen LogP contribution is -2.34. The molecular weight excluding hydrogens is 258 g/mol. The number of carboxylic acid groups (broad SMARTS) is 1. The fraction of sp³-hybridized carbons (Fsp3) is 0.231. The molecule has 1 aliphatic heterocycles. The molecule has 1 aliphatic rings. The van der Waals surface area contributed by atoms with E-state index in [9.17, 15) is 4.79 Å². The van der Waals surface area contributed by atoms with Gasteiger partial charge in [0, 0.05) is 25.4 Å². The van der Waals surface area contributed by atoms with Gasteiger partial charge in [0.2, 0.25) is 0 Å². The van der Waals surface area contributed by atoms with Gasteiger partial charge in [0.05, 0.1) is 6.54 Å². The van der Waals surface area contributed by atoms with E-state index in [4.69, 9.17) is 5.11 Å². The molecule has 0 bridgehead atoms. The molecule has 0 saturated carbocycles. The Morgan fingerprint density at radius 1 is 1.35 bits per heavy atom. The zero-order chi connectivity index (χ0) is 13.9. The Labute approximate surface area is 115 Å². The summed E-state index contributed by atoms with van der Waals surface area (Å²) in [5.41, 5.74) is 0.760. The molecule has 0 aliphatic carbocycles. The van der Waals surface area contributed by atoms with Crippen LogP contribution in [0.4, 0.5) is 5.82 Å². The van der Waals surface area contributed by atoms with Crippen molar-refractivity contribution in [3.05, 3.63) is 42.1 Å². The first-order chi connectivity index (χ1) is 9.72. The first-order valence-electron chi connectivity index (χ1n) is 6.21. The number of aliphatic carboxylic acids is 1. The van der Waals surface area contributed by atoms with Gasteiger partial charge in [-0.05, 0) is 23.8 Å². The SMILES string of the molecule is O=C(O)/C=C/c1ccc(N2CCn3cnnc3C2)nc1. The van der Waals surface area contributed by atoms with Crippen LogP contribution in [0.25, 0.3) is 6.08 Å². The van der Waals surface area contributed by atoms with E-state index < -0.39 is 5.97 Å². The summed E-state index contributed by atoms with van der Waals surface area (Å²) >= 11 is 0. The predicted octanol–water partition coefficient (Wildman–Crippen LogP) is 0.791. The fourth-order valence-electron chi connectivity index (χ4n) is 2.11. The number of carbonyl (C=O) groups is 1. The van der Waals surface area contributed by atoms with E-state index in [1.54, 1.807) is 12.5 Å². The Morgan fingerprint density at radius 3 is 3.00 bits per heavy atom. The topological polar surface area (TPSA) is 84.1 Å². The second-order valence-electron chi connectivity index (χ2n) is 4.48. The summed E-state index contributed by atoms with van der Waals surface area (Å²) in [6, 6.07) is 3.73. The number of carboxylic acids is 1. The Kier molecular flexibility index (Phi) is 3.16. The maximum atomic E-state index is 10.4. The minimum absolute atomic E-state index is 0.678. The van der Waals surface area contributed by atoms with Crippen molar-refractivity contribution in [1.29, 1.82) is 0 Å². The molecule has 3 rings (SSSR count). The molecule has 7 nitrogen and oxygen atoms in total. The van der Waals surface area contributed by atoms with E-state index in [0.29, 0.717) is 6.54 Å². The van der Waals surface area contributed by atoms with E-state index in [1.807, 2.05) is 16.7 Å². The monoisotopic (exact) mass is 271 g/mol. The standard InChI is InChI=1S/C13H13N5O2/c19-13(20)4-2-10-1-3-11(14-7-10)17-5-6-18-9-15-16-12(18)8-17/h1-4,7,9H,5-6,8H2,(H,19,20)/b4-2+. The van der Waals surface area contributed by atoms with E-state index in [-0.39, 0.29) is 0 Å². The van der Waals surface area contributed by atoms with E-state index >= 15 is 0 Å². The summed E-state index contributed by atoms with van der Waals surface area (Å²) in [5.74, 6) is 0.809. The molecule has 0 spiro atoms. The van der Waals surface area contributed by atoms with E-state index in [2.05, 4.69) is 20.1 Å². The molecule has 0 atom stereocenters. The predicted molar refractivity (Wildman–Crippen MR) is 72.0 cm³/mol. The minimum atomic E-state index is -0.968. The average Bonchev–Trinajstić information content (AvgIpc) is 2.93. The van der Waals surface area contributed by atoms with Crippen molar-refractivity contribution in [2.45, 2.75) is 13.1 Å². The molecule has 2 aromatic heterocycles. The van der Waals surface area contributed by atoms with Gasteiger partial charge in [-0.2, -0.15) is 0 Å². The lowest BCUT2D eigenvalue weighted by atomic mass is 10.2. The van der Waals surface area contributed by atoms with Gasteiger partial charge in [-0.25, -0.2) is 9.78 Å². The Bertz CT molecular complexity index is 647. The molecule has 0 radical (unpaired) electrons. The second kappa shape index (κ2) is 5.12. The summed E-state index contributed by atoms with van der Waals surface area (Å²) in [6.07, 6.45) is 6.01. The zero-order valence-electron chi connectivity index (χ0n) is 10.7. The summed E-state index contributed by atoms with van der Waals surface area (Å²) in [6.45, 7) is 2.37. The summed E-state index contributed by atoms with van der Waals surface area (Å²) in [4.78, 5) is 16.9. The molecule has 3 heterocycles. The van der Waals surface area contributed by atoms with Crippen LogP contribution in [0.15, 0.2) is 30.7 Å². The van der Waals surface area contributed by atoms with Crippen LogP contribution in [0.1, 0.15) is 11.4 Å². The van der Waals surface area contributed by atoms with Crippen LogP contribution < -0.4 is 4.90 Å². The molecule has 2 aromatic rings. The molecule has 1 N–H and O–H groups in total. The number of aromatic nitrogens is 4. The zero-order valence-corrected chi connectivity index (χ0v) is 10.7. The molecule has 7 heteroatoms. The van der Waals surface area contributed by atoms with Gasteiger partial charge in [-0.15, -0.1) is 10.2 Å². The Hall–Kier alpha value is -2.70. The van der Waals surface area contributed by atoms with Crippen molar-refractivity contribution >= 4 is 17.9 Å². The summed E-state index contributed by atoms with van der Waals surface area (Å²) in [7, 11) is 0. The lowest BCUT2D eigenvalue weighted by molar-refractivity contribution is -0.131. The summed E-state index contributed by atoms with van der Waals surface area (Å²) < 4.78 is 2.03. The molecule has 20 heavy (non-hydrogen) atoms. The van der Waals surface area contributed by atoms with Crippen LogP contribution in [-0.2, 0) is 17.9 Å². The number of anilines is 1. The third-order valence-corrected chi connectivity index (χ3v) is 3.15. The van der Waals surface area contributed by atoms with Crippen LogP contribution in [0.5, 0.6) is 0 Å². The van der Waals surface area contributed by atoms with Gasteiger partial charge >= 0.3 is 5.97 Å². The second-order valence-corrected chi connectivity index (χ2v) is 4.48. The fourth-order valence-corrected chi connectivity index (χ4v) is 2.11. The molecular formula is C13H13N5O2. The van der Waals surface area contributed by atoms with Crippen molar-refractivity contribution in [1.82, 2.24) is 19.7 Å². The number of rotatable bonds is 3. The van der Waals surface area contributed by atoms with Crippen LogP contribution in [0.3, 0.4) is 0 Å². The minimum Gasteiger partial charge on any atom is -0.478 e. The smallest absolute Gasteiger partial charge is 0.328 e. The Balaban J connectivity index is 1.74. The van der Waals surface area contributed by atoms with Gasteiger partial charge in [-0.1, -0.05) is 0 Å². The molecule has 102 valence electrons. The summed E-state index contributed by atoms with van der Waals surface area (Å²) in [5, 5.41) is 16.5. The molecule has 0 aromatic carbocycles. The van der Waals surface area contributed by atoms with Gasteiger partial charge in [0.15, 0.2) is 5.82 Å². The number of pyridine rings is 1. The highest BCUT2D eigenvalue weighted by atomic mass is 16.4. The van der Waals surface area contributed by atoms with Crippen LogP contribution >= 0.6 is 0 Å². The lowest BCUT2D eigenvalue weighted by Gasteiger charge is -2.27. The van der Waals surface area contributed by atoms with Crippen molar-refractivity contribution in [2.24, 2.45) is 0 Å². The average molecular weight is 271 g/mol. The van der Waals surface area contributed by atoms with Gasteiger partial charge in [0.1, 0.15) is 12.1 Å². The number of hydrogen-bond acceptors (Lipinski definition) is 5. The quantitative estimate of drug-likeness (QED) is 0.831. The van der Waals surface area contributed by atoms with Crippen molar-refractivity contribution in [2.75, 3.05) is 11.4 Å². The molecule has 0 unspecified atom stereocenters. The molecule has 0 saturated heterocycles. The normalized spacial score (nSPS) is 14.5. The number of nitrogens with zero attached hydrogens (tertiary/aromatic N) is 5. The van der Waals surface area contributed by atoms with Crippen molar-refractivity contribution in [3.8, 4) is 0 Å². The van der Waals surface area contributed by atoms with Gasteiger partial charge < -0.3 is 14.6 Å². The van der Waals surface area contributed by atoms with Crippen molar-refractivity contribution < 1.29 is 9.90 Å². The third kappa shape index (κ3) is 2.51. The van der Waals surface area contributed by atoms with Gasteiger partial charge in [0.25, 0.3) is 0 Å². The number of hydrogen-bond donors (Lipinski definition) is 1. The highest BCUT2D eigenvalue weighted by molar-refractivity contribution is 5.85. The third-order valence-electron chi connectivity index (χ3n) is 3.15. The highest BCUT2D eigenvalue weighted by Gasteiger charge is 2.18. The van der Waals surface area contributed by atoms with Crippen molar-refractivity contribution in [3.63, 3.8) is 0 Å². The molecule has 0 amide bonds. The number of fused-ring (bicyclic) bond motifs is 1. The maximum absolute atomic E-state index is 10.4. The van der Waals surface area contributed by atoms with Crippen LogP contribution in [0, 0.1) is 0 Å². The first kappa shape index (κ1) is 12.3. The molecule has 0 fully saturated rings. The van der Waals surface area contributed by atoms with E-state index in [0.717, 1.165) is 36.4 Å². The Morgan fingerprint density at radius 2 is 2.25 bits per heavy atom. The van der Waals surface area contributed by atoms with Crippen LogP contribution in [-0.4, -0.2) is 37.4 Å².